The van der Waals surface area contributed by atoms with E-state index < -0.39 is 0 Å². The molecule has 1 amide bonds. The van der Waals surface area contributed by atoms with E-state index in [1.54, 1.807) is 0 Å². The molecule has 2 unspecified atom stereocenters. The molecule has 2 atom stereocenters. The smallest absolute Gasteiger partial charge is 0.239 e. The van der Waals surface area contributed by atoms with Gasteiger partial charge in [0.15, 0.2) is 0 Å². The summed E-state index contributed by atoms with van der Waals surface area (Å²) in [5, 5.41) is 3.52. The maximum atomic E-state index is 12.5. The number of likely N-dealkylation sites (N-methyl/N-ethyl adjacent to an activating group) is 1. The van der Waals surface area contributed by atoms with Crippen LogP contribution in [-0.4, -0.2) is 60.5 Å². The zero-order valence-electron chi connectivity index (χ0n) is 13.8. The maximum Gasteiger partial charge on any atom is 0.239 e. The van der Waals surface area contributed by atoms with E-state index in [0.29, 0.717) is 6.04 Å². The minimum Gasteiger partial charge on any atom is -0.342 e. The van der Waals surface area contributed by atoms with Gasteiger partial charge in [-0.1, -0.05) is 13.3 Å². The quantitative estimate of drug-likeness (QED) is 0.693. The molecule has 20 heavy (non-hydrogen) atoms. The van der Waals surface area contributed by atoms with E-state index in [1.807, 2.05) is 4.90 Å². The number of carbonyl (C=O) groups is 1. The van der Waals surface area contributed by atoms with Crippen LogP contribution in [0.4, 0.5) is 0 Å². The van der Waals surface area contributed by atoms with Crippen LogP contribution in [-0.2, 0) is 4.79 Å². The molecule has 1 N–H and O–H groups in total. The Kier molecular flexibility index (Phi) is 8.15. The van der Waals surface area contributed by atoms with Gasteiger partial charge in [0.05, 0.1) is 6.04 Å². The highest BCUT2D eigenvalue weighted by Crippen LogP contribution is 2.20. The molecule has 0 aromatic rings. The van der Waals surface area contributed by atoms with E-state index in [1.165, 1.54) is 25.7 Å². The van der Waals surface area contributed by atoms with Crippen molar-refractivity contribution in [2.24, 2.45) is 0 Å². The molecule has 4 heteroatoms. The van der Waals surface area contributed by atoms with E-state index in [-0.39, 0.29) is 11.9 Å². The van der Waals surface area contributed by atoms with Gasteiger partial charge in [0.25, 0.3) is 0 Å². The highest BCUT2D eigenvalue weighted by atomic mass is 16.2. The zero-order chi connectivity index (χ0) is 15.0. The van der Waals surface area contributed by atoms with E-state index in [2.05, 4.69) is 37.9 Å². The lowest BCUT2D eigenvalue weighted by Crippen LogP contribution is -2.55. The Labute approximate surface area is 124 Å². The Morgan fingerprint density at radius 2 is 2.00 bits per heavy atom. The van der Waals surface area contributed by atoms with Crippen molar-refractivity contribution in [3.8, 4) is 0 Å². The number of nitrogens with zero attached hydrogens (tertiary/aromatic N) is 2. The highest BCUT2D eigenvalue weighted by Gasteiger charge is 2.31. The van der Waals surface area contributed by atoms with Crippen LogP contribution in [0.3, 0.4) is 0 Å². The second kappa shape index (κ2) is 9.35. The van der Waals surface area contributed by atoms with Gasteiger partial charge in [-0.2, -0.15) is 0 Å². The van der Waals surface area contributed by atoms with Gasteiger partial charge in [-0.15, -0.1) is 0 Å². The lowest BCUT2D eigenvalue weighted by atomic mass is 9.99. The molecule has 1 heterocycles. The van der Waals surface area contributed by atoms with Crippen molar-refractivity contribution in [3.05, 3.63) is 0 Å². The van der Waals surface area contributed by atoms with E-state index in [9.17, 15) is 4.79 Å². The summed E-state index contributed by atoms with van der Waals surface area (Å²) in [4.78, 5) is 16.9. The van der Waals surface area contributed by atoms with Crippen LogP contribution in [0.15, 0.2) is 0 Å². The number of hydrogen-bond donors (Lipinski definition) is 1. The van der Waals surface area contributed by atoms with Crippen LogP contribution in [0.1, 0.15) is 53.4 Å². The minimum atomic E-state index is 0.0172. The van der Waals surface area contributed by atoms with E-state index in [0.717, 1.165) is 32.7 Å². The number of nitrogens with one attached hydrogen (secondary N) is 1. The second-order valence-electron chi connectivity index (χ2n) is 5.78. The van der Waals surface area contributed by atoms with Crippen molar-refractivity contribution in [3.63, 3.8) is 0 Å². The first-order valence-corrected chi connectivity index (χ1v) is 8.40. The van der Waals surface area contributed by atoms with Crippen molar-refractivity contribution in [2.45, 2.75) is 65.5 Å². The van der Waals surface area contributed by atoms with Gasteiger partial charge in [-0.3, -0.25) is 9.69 Å². The largest absolute Gasteiger partial charge is 0.342 e. The number of hydrogen-bond acceptors (Lipinski definition) is 3. The molecule has 118 valence electrons. The Morgan fingerprint density at radius 1 is 1.30 bits per heavy atom. The molecule has 1 rings (SSSR count). The maximum absolute atomic E-state index is 12.5. The highest BCUT2D eigenvalue weighted by molar-refractivity contribution is 5.81. The Balaban J connectivity index is 2.61. The predicted octanol–water partition coefficient (Wildman–Crippen LogP) is 2.10. The van der Waals surface area contributed by atoms with Crippen LogP contribution < -0.4 is 5.32 Å². The van der Waals surface area contributed by atoms with Crippen molar-refractivity contribution < 1.29 is 4.79 Å². The second-order valence-corrected chi connectivity index (χ2v) is 5.78. The predicted molar refractivity (Wildman–Crippen MR) is 84.9 cm³/mol. The Hall–Kier alpha value is -0.610. The van der Waals surface area contributed by atoms with Crippen LogP contribution in [0.25, 0.3) is 0 Å². The fourth-order valence-electron chi connectivity index (χ4n) is 3.14. The summed E-state index contributed by atoms with van der Waals surface area (Å²) < 4.78 is 0. The average Bonchev–Trinajstić information content (AvgIpc) is 2.48. The number of carbonyl (C=O) groups excluding carboxylic acids is 1. The van der Waals surface area contributed by atoms with Crippen LogP contribution in [0, 0.1) is 0 Å². The zero-order valence-corrected chi connectivity index (χ0v) is 13.8. The van der Waals surface area contributed by atoms with Crippen LogP contribution in [0.5, 0.6) is 0 Å². The number of amides is 1. The first-order valence-electron chi connectivity index (χ1n) is 8.40. The third-order valence-corrected chi connectivity index (χ3v) is 4.41. The standard InChI is InChI=1S/C16H33N3O/c1-5-11-17-13-15-10-8-9-12-19(15)14(4)16(20)18(6-2)7-3/h14-15,17H,5-13H2,1-4H3. The van der Waals surface area contributed by atoms with Gasteiger partial charge in [-0.25, -0.2) is 0 Å². The summed E-state index contributed by atoms with van der Waals surface area (Å²) in [6.07, 6.45) is 4.90. The molecular weight excluding hydrogens is 250 g/mol. The number of rotatable bonds is 8. The minimum absolute atomic E-state index is 0.0172. The Morgan fingerprint density at radius 3 is 2.60 bits per heavy atom. The van der Waals surface area contributed by atoms with Gasteiger partial charge < -0.3 is 10.2 Å². The first kappa shape index (κ1) is 17.4. The van der Waals surface area contributed by atoms with Gasteiger partial charge in [-0.05, 0) is 53.1 Å². The number of likely N-dealkylation sites (tertiary alicyclic amines) is 1. The molecule has 4 nitrogen and oxygen atoms in total. The summed E-state index contributed by atoms with van der Waals surface area (Å²) in [6.45, 7) is 13.2. The van der Waals surface area contributed by atoms with Crippen molar-refractivity contribution in [2.75, 3.05) is 32.7 Å². The SMILES string of the molecule is CCCNCC1CCCCN1C(C)C(=O)N(CC)CC. The van der Waals surface area contributed by atoms with E-state index in [4.69, 9.17) is 0 Å². The van der Waals surface area contributed by atoms with Gasteiger partial charge in [0, 0.05) is 25.7 Å². The fourth-order valence-corrected chi connectivity index (χ4v) is 3.14. The molecule has 1 aliphatic rings. The lowest BCUT2D eigenvalue weighted by molar-refractivity contribution is -0.137. The summed E-state index contributed by atoms with van der Waals surface area (Å²) >= 11 is 0. The summed E-state index contributed by atoms with van der Waals surface area (Å²) in [7, 11) is 0. The molecule has 0 saturated carbocycles. The van der Waals surface area contributed by atoms with Gasteiger partial charge in [0.2, 0.25) is 5.91 Å². The molecular formula is C16H33N3O. The van der Waals surface area contributed by atoms with Crippen molar-refractivity contribution in [1.29, 1.82) is 0 Å². The molecule has 1 aliphatic heterocycles. The van der Waals surface area contributed by atoms with Gasteiger partial charge in [0.1, 0.15) is 0 Å². The van der Waals surface area contributed by atoms with E-state index >= 15 is 0 Å². The number of piperidine rings is 1. The topological polar surface area (TPSA) is 35.6 Å². The molecule has 0 bridgehead atoms. The molecule has 0 aliphatic carbocycles. The third-order valence-electron chi connectivity index (χ3n) is 4.41. The molecule has 0 aromatic carbocycles. The molecule has 1 saturated heterocycles. The van der Waals surface area contributed by atoms with Gasteiger partial charge >= 0.3 is 0 Å². The fraction of sp³-hybridized carbons (Fsp3) is 0.938. The Bertz CT molecular complexity index is 279. The summed E-state index contributed by atoms with van der Waals surface area (Å²) in [5.41, 5.74) is 0. The molecule has 0 spiro atoms. The average molecular weight is 283 g/mol. The normalized spacial score (nSPS) is 21.7. The summed E-state index contributed by atoms with van der Waals surface area (Å²) in [5.74, 6) is 0.289. The van der Waals surface area contributed by atoms with Crippen LogP contribution >= 0.6 is 0 Å². The van der Waals surface area contributed by atoms with Crippen LogP contribution in [0.2, 0.25) is 0 Å². The van der Waals surface area contributed by atoms with Crippen molar-refractivity contribution >= 4 is 5.91 Å². The van der Waals surface area contributed by atoms with Crippen molar-refractivity contribution in [1.82, 2.24) is 15.1 Å². The molecule has 0 aromatic heterocycles. The summed E-state index contributed by atoms with van der Waals surface area (Å²) in [6, 6.07) is 0.536. The first-order chi connectivity index (χ1) is 9.65. The molecule has 0 radical (unpaired) electrons. The molecule has 1 fully saturated rings. The monoisotopic (exact) mass is 283 g/mol. The lowest BCUT2D eigenvalue weighted by Gasteiger charge is -2.40. The third kappa shape index (κ3) is 4.74.